The molecule has 0 bridgehead atoms. The molecule has 1 rings (SSSR count). The first-order chi connectivity index (χ1) is 8.55. The molecule has 100 valence electrons. The third kappa shape index (κ3) is 3.89. The minimum atomic E-state index is -0.559. The highest BCUT2D eigenvalue weighted by Crippen LogP contribution is 2.16. The quantitative estimate of drug-likeness (QED) is 0.770. The number of carbonyl (C=O) groups is 1. The number of rotatable bonds is 5. The third-order valence-corrected chi connectivity index (χ3v) is 3.39. The lowest BCUT2D eigenvalue weighted by Gasteiger charge is -2.30. The van der Waals surface area contributed by atoms with Crippen LogP contribution < -0.4 is 10.6 Å². The first-order valence-corrected chi connectivity index (χ1v) is 6.38. The van der Waals surface area contributed by atoms with Crippen molar-refractivity contribution in [3.8, 4) is 0 Å². The van der Waals surface area contributed by atoms with E-state index in [1.54, 1.807) is 24.3 Å². The van der Waals surface area contributed by atoms with Crippen LogP contribution in [0.25, 0.3) is 0 Å². The van der Waals surface area contributed by atoms with E-state index >= 15 is 0 Å². The van der Waals surface area contributed by atoms with Gasteiger partial charge in [-0.15, -0.1) is 0 Å². The van der Waals surface area contributed by atoms with Gasteiger partial charge in [0.1, 0.15) is 0 Å². The summed E-state index contributed by atoms with van der Waals surface area (Å²) in [6, 6.07) is 6.53. The van der Waals surface area contributed by atoms with Gasteiger partial charge in [0.2, 0.25) is 0 Å². The summed E-state index contributed by atoms with van der Waals surface area (Å²) in [5.41, 5.74) is 0.104. The van der Waals surface area contributed by atoms with E-state index in [1.165, 1.54) is 0 Å². The van der Waals surface area contributed by atoms with Gasteiger partial charge in [-0.3, -0.25) is 0 Å². The van der Waals surface area contributed by atoms with E-state index < -0.39 is 5.54 Å². The van der Waals surface area contributed by atoms with Crippen molar-refractivity contribution < 1.29 is 9.90 Å². The first-order valence-electron chi connectivity index (χ1n) is 6.01. The van der Waals surface area contributed by atoms with Gasteiger partial charge < -0.3 is 15.7 Å². The van der Waals surface area contributed by atoms with Crippen LogP contribution in [0.1, 0.15) is 26.7 Å². The zero-order valence-electron chi connectivity index (χ0n) is 10.7. The number of urea groups is 1. The van der Waals surface area contributed by atoms with Crippen LogP contribution in [0.15, 0.2) is 24.3 Å². The van der Waals surface area contributed by atoms with Crippen molar-refractivity contribution in [1.82, 2.24) is 5.32 Å². The van der Waals surface area contributed by atoms with Crippen molar-refractivity contribution in [2.45, 2.75) is 32.2 Å². The summed E-state index contributed by atoms with van der Waals surface area (Å²) >= 11 is 5.76. The maximum Gasteiger partial charge on any atom is 0.319 e. The molecular weight excluding hydrogens is 252 g/mol. The second kappa shape index (κ2) is 6.61. The molecule has 0 aromatic heterocycles. The number of aliphatic hydroxyl groups is 1. The van der Waals surface area contributed by atoms with E-state index in [4.69, 9.17) is 11.6 Å². The molecule has 0 spiro atoms. The van der Waals surface area contributed by atoms with Crippen LogP contribution in [0.4, 0.5) is 10.5 Å². The molecule has 3 N–H and O–H groups in total. The predicted molar refractivity (Wildman–Crippen MR) is 74.0 cm³/mol. The maximum atomic E-state index is 11.8. The summed E-state index contributed by atoms with van der Waals surface area (Å²) < 4.78 is 0. The molecule has 4 nitrogen and oxygen atoms in total. The van der Waals surface area contributed by atoms with Gasteiger partial charge >= 0.3 is 6.03 Å². The molecule has 1 aromatic carbocycles. The van der Waals surface area contributed by atoms with Crippen molar-refractivity contribution in [1.29, 1.82) is 0 Å². The largest absolute Gasteiger partial charge is 0.394 e. The molecule has 0 heterocycles. The Morgan fingerprint density at radius 3 is 2.28 bits per heavy atom. The normalized spacial score (nSPS) is 11.1. The summed E-state index contributed by atoms with van der Waals surface area (Å²) in [5, 5.41) is 15.5. The minimum Gasteiger partial charge on any atom is -0.394 e. The Morgan fingerprint density at radius 1 is 1.28 bits per heavy atom. The molecule has 0 atom stereocenters. The number of hydrogen-bond acceptors (Lipinski definition) is 2. The Hall–Kier alpha value is -1.26. The van der Waals surface area contributed by atoms with Gasteiger partial charge in [0.05, 0.1) is 12.1 Å². The van der Waals surface area contributed by atoms with Gasteiger partial charge in [-0.05, 0) is 37.1 Å². The standard InChI is InChI=1S/C13H19ClN2O2/c1-3-13(4-2,9-17)16-12(18)15-11-7-5-10(14)6-8-11/h5-8,17H,3-4,9H2,1-2H3,(H2,15,16,18). The van der Waals surface area contributed by atoms with E-state index in [0.29, 0.717) is 23.6 Å². The summed E-state index contributed by atoms with van der Waals surface area (Å²) in [4.78, 5) is 11.8. The lowest BCUT2D eigenvalue weighted by Crippen LogP contribution is -2.51. The highest BCUT2D eigenvalue weighted by molar-refractivity contribution is 6.30. The third-order valence-electron chi connectivity index (χ3n) is 3.14. The molecule has 0 radical (unpaired) electrons. The van der Waals surface area contributed by atoms with E-state index in [-0.39, 0.29) is 12.6 Å². The molecule has 0 aliphatic rings. The number of aliphatic hydroxyl groups excluding tert-OH is 1. The van der Waals surface area contributed by atoms with Crippen molar-refractivity contribution in [2.75, 3.05) is 11.9 Å². The molecule has 0 saturated carbocycles. The van der Waals surface area contributed by atoms with E-state index in [0.717, 1.165) is 0 Å². The second-order valence-corrected chi connectivity index (χ2v) is 4.67. The fourth-order valence-electron chi connectivity index (χ4n) is 1.63. The van der Waals surface area contributed by atoms with E-state index in [2.05, 4.69) is 10.6 Å². The molecule has 0 saturated heterocycles. The number of hydrogen-bond donors (Lipinski definition) is 3. The Morgan fingerprint density at radius 2 is 1.83 bits per heavy atom. The Bertz CT molecular complexity index is 380. The van der Waals surface area contributed by atoms with E-state index in [9.17, 15) is 9.90 Å². The number of anilines is 1. The van der Waals surface area contributed by atoms with Crippen molar-refractivity contribution in [3.05, 3.63) is 29.3 Å². The molecule has 0 fully saturated rings. The number of amides is 2. The van der Waals surface area contributed by atoms with Gasteiger partial charge in [-0.2, -0.15) is 0 Å². The van der Waals surface area contributed by atoms with Crippen LogP contribution in [0.5, 0.6) is 0 Å². The number of benzene rings is 1. The molecule has 18 heavy (non-hydrogen) atoms. The lowest BCUT2D eigenvalue weighted by molar-refractivity contribution is 0.155. The minimum absolute atomic E-state index is 0.0754. The fourth-order valence-corrected chi connectivity index (χ4v) is 1.75. The summed E-state index contributed by atoms with van der Waals surface area (Å²) in [6.45, 7) is 3.79. The maximum absolute atomic E-state index is 11.8. The average molecular weight is 271 g/mol. The highest BCUT2D eigenvalue weighted by atomic mass is 35.5. The van der Waals surface area contributed by atoms with Gasteiger partial charge in [-0.1, -0.05) is 25.4 Å². The van der Waals surface area contributed by atoms with Gasteiger partial charge in [-0.25, -0.2) is 4.79 Å². The molecule has 2 amide bonds. The molecule has 5 heteroatoms. The average Bonchev–Trinajstić information content (AvgIpc) is 2.39. The van der Waals surface area contributed by atoms with Crippen molar-refractivity contribution >= 4 is 23.3 Å². The van der Waals surface area contributed by atoms with Crippen LogP contribution in [0.2, 0.25) is 5.02 Å². The monoisotopic (exact) mass is 270 g/mol. The topological polar surface area (TPSA) is 61.4 Å². The van der Waals surface area contributed by atoms with Crippen LogP contribution in [0.3, 0.4) is 0 Å². The van der Waals surface area contributed by atoms with Crippen LogP contribution in [-0.4, -0.2) is 23.3 Å². The molecule has 1 aromatic rings. The van der Waals surface area contributed by atoms with E-state index in [1.807, 2.05) is 13.8 Å². The van der Waals surface area contributed by atoms with Crippen LogP contribution >= 0.6 is 11.6 Å². The van der Waals surface area contributed by atoms with Crippen molar-refractivity contribution in [3.63, 3.8) is 0 Å². The fraction of sp³-hybridized carbons (Fsp3) is 0.462. The van der Waals surface area contributed by atoms with Gasteiger partial charge in [0, 0.05) is 10.7 Å². The number of nitrogens with one attached hydrogen (secondary N) is 2. The Labute approximate surface area is 112 Å². The van der Waals surface area contributed by atoms with Crippen LogP contribution in [-0.2, 0) is 0 Å². The summed E-state index contributed by atoms with van der Waals surface area (Å²) in [5.74, 6) is 0. The molecular formula is C13H19ClN2O2. The zero-order valence-corrected chi connectivity index (χ0v) is 11.4. The van der Waals surface area contributed by atoms with Gasteiger partial charge in [0.15, 0.2) is 0 Å². The molecule has 0 aliphatic heterocycles. The Balaban J connectivity index is 2.63. The lowest BCUT2D eigenvalue weighted by atomic mass is 9.94. The predicted octanol–water partition coefficient (Wildman–Crippen LogP) is 3.01. The molecule has 0 unspecified atom stereocenters. The second-order valence-electron chi connectivity index (χ2n) is 4.23. The zero-order chi connectivity index (χ0) is 13.6. The smallest absolute Gasteiger partial charge is 0.319 e. The van der Waals surface area contributed by atoms with Crippen molar-refractivity contribution in [2.24, 2.45) is 0 Å². The first kappa shape index (κ1) is 14.8. The van der Waals surface area contributed by atoms with Crippen LogP contribution in [0, 0.1) is 0 Å². The summed E-state index contributed by atoms with van der Waals surface area (Å²) in [6.07, 6.45) is 1.35. The van der Waals surface area contributed by atoms with Gasteiger partial charge in [0.25, 0.3) is 0 Å². The summed E-state index contributed by atoms with van der Waals surface area (Å²) in [7, 11) is 0. The number of halogens is 1. The molecule has 0 aliphatic carbocycles. The Kier molecular flexibility index (Phi) is 5.44. The highest BCUT2D eigenvalue weighted by Gasteiger charge is 2.27. The number of carbonyl (C=O) groups excluding carboxylic acids is 1. The SMILES string of the molecule is CCC(CC)(CO)NC(=O)Nc1ccc(Cl)cc1.